The Labute approximate surface area is 153 Å². The minimum atomic E-state index is -0.427. The molecule has 0 radical (unpaired) electrons. The number of anilines is 1. The molecule has 0 aromatic heterocycles. The van der Waals surface area contributed by atoms with Gasteiger partial charge in [0.05, 0.1) is 0 Å². The number of carbonyl (C=O) groups excluding carboxylic acids is 2. The molecule has 1 atom stereocenters. The van der Waals surface area contributed by atoms with Crippen molar-refractivity contribution in [3.05, 3.63) is 18.2 Å². The Morgan fingerprint density at radius 1 is 1.00 bits per heavy atom. The van der Waals surface area contributed by atoms with Gasteiger partial charge in [-0.2, -0.15) is 0 Å². The van der Waals surface area contributed by atoms with Crippen molar-refractivity contribution in [2.24, 2.45) is 0 Å². The molecule has 7 heteroatoms. The van der Waals surface area contributed by atoms with Crippen LogP contribution in [-0.4, -0.2) is 42.3 Å². The first-order valence-corrected chi connectivity index (χ1v) is 9.48. The topological polar surface area (TPSA) is 79.9 Å². The molecule has 1 aromatic carbocycles. The maximum absolute atomic E-state index is 12.7. The third-order valence-corrected chi connectivity index (χ3v) is 5.39. The zero-order chi connectivity index (χ0) is 17.9. The van der Waals surface area contributed by atoms with E-state index in [0.717, 1.165) is 19.3 Å². The first-order valence-electron chi connectivity index (χ1n) is 9.48. The van der Waals surface area contributed by atoms with Gasteiger partial charge < -0.3 is 25.0 Å². The molecule has 4 rings (SSSR count). The summed E-state index contributed by atoms with van der Waals surface area (Å²) in [5, 5.41) is 6.02. The summed E-state index contributed by atoms with van der Waals surface area (Å²) in [6.07, 6.45) is 7.18. The van der Waals surface area contributed by atoms with E-state index in [2.05, 4.69) is 10.6 Å². The molecule has 0 bridgehead atoms. The van der Waals surface area contributed by atoms with Crippen molar-refractivity contribution in [2.75, 3.05) is 18.7 Å². The number of hydrogen-bond donors (Lipinski definition) is 2. The van der Waals surface area contributed by atoms with Gasteiger partial charge in [0, 0.05) is 24.3 Å². The van der Waals surface area contributed by atoms with Crippen LogP contribution in [0, 0.1) is 0 Å². The average molecular weight is 359 g/mol. The third-order valence-electron chi connectivity index (χ3n) is 5.39. The van der Waals surface area contributed by atoms with Crippen molar-refractivity contribution < 1.29 is 19.1 Å². The maximum Gasteiger partial charge on any atom is 0.318 e. The van der Waals surface area contributed by atoms with Crippen molar-refractivity contribution in [1.82, 2.24) is 10.2 Å². The van der Waals surface area contributed by atoms with Crippen LogP contribution < -0.4 is 20.1 Å². The van der Waals surface area contributed by atoms with Crippen molar-refractivity contribution >= 4 is 17.6 Å². The van der Waals surface area contributed by atoms with Gasteiger partial charge in [0.25, 0.3) is 0 Å². The fourth-order valence-electron chi connectivity index (χ4n) is 3.99. The van der Waals surface area contributed by atoms with E-state index in [1.807, 2.05) is 0 Å². The quantitative estimate of drug-likeness (QED) is 0.870. The van der Waals surface area contributed by atoms with Gasteiger partial charge >= 0.3 is 6.03 Å². The van der Waals surface area contributed by atoms with Gasteiger partial charge in [-0.3, -0.25) is 4.79 Å². The van der Waals surface area contributed by atoms with Crippen LogP contribution in [0.1, 0.15) is 44.9 Å². The van der Waals surface area contributed by atoms with E-state index in [0.29, 0.717) is 30.2 Å². The molecule has 3 amide bonds. The molecule has 1 saturated heterocycles. The van der Waals surface area contributed by atoms with E-state index < -0.39 is 6.04 Å². The number of likely N-dealkylation sites (tertiary alicyclic amines) is 1. The van der Waals surface area contributed by atoms with Crippen LogP contribution in [0.2, 0.25) is 0 Å². The lowest BCUT2D eigenvalue weighted by atomic mass is 9.96. The van der Waals surface area contributed by atoms with E-state index in [9.17, 15) is 9.59 Å². The van der Waals surface area contributed by atoms with Gasteiger partial charge in [0.1, 0.15) is 6.04 Å². The Bertz CT molecular complexity index is 687. The molecule has 2 fully saturated rings. The second kappa shape index (κ2) is 7.43. The van der Waals surface area contributed by atoms with Gasteiger partial charge in [-0.15, -0.1) is 0 Å². The minimum absolute atomic E-state index is 0.111. The minimum Gasteiger partial charge on any atom is -0.454 e. The van der Waals surface area contributed by atoms with Gasteiger partial charge in [0.2, 0.25) is 12.7 Å². The normalized spacial score (nSPS) is 22.3. The molecule has 140 valence electrons. The molecule has 2 aliphatic heterocycles. The predicted molar refractivity (Wildman–Crippen MR) is 96.3 cm³/mol. The first-order chi connectivity index (χ1) is 12.7. The summed E-state index contributed by atoms with van der Waals surface area (Å²) in [5.41, 5.74) is 0.652. The van der Waals surface area contributed by atoms with Crippen LogP contribution in [0.25, 0.3) is 0 Å². The fourth-order valence-corrected chi connectivity index (χ4v) is 3.99. The molecule has 2 heterocycles. The fraction of sp³-hybridized carbons (Fsp3) is 0.579. The van der Waals surface area contributed by atoms with E-state index in [4.69, 9.17) is 9.47 Å². The number of hydrogen-bond acceptors (Lipinski definition) is 4. The van der Waals surface area contributed by atoms with Gasteiger partial charge in [-0.1, -0.05) is 19.3 Å². The molecule has 7 nitrogen and oxygen atoms in total. The molecule has 1 saturated carbocycles. The summed E-state index contributed by atoms with van der Waals surface area (Å²) >= 11 is 0. The second-order valence-corrected chi connectivity index (χ2v) is 7.19. The summed E-state index contributed by atoms with van der Waals surface area (Å²) in [6, 6.07) is 5.02. The van der Waals surface area contributed by atoms with Crippen molar-refractivity contribution in [3.8, 4) is 11.5 Å². The Kier molecular flexibility index (Phi) is 4.86. The number of benzene rings is 1. The standard InChI is InChI=1S/C19H25N3O4/c23-18(20-14-8-9-16-17(11-14)26-12-25-16)15-7-4-10-22(15)19(24)21-13-5-2-1-3-6-13/h8-9,11,13,15H,1-7,10,12H2,(H,20,23)(H,21,24)/t15-/m0/s1. The molecular weight excluding hydrogens is 334 g/mol. The molecule has 0 unspecified atom stereocenters. The summed E-state index contributed by atoms with van der Waals surface area (Å²) < 4.78 is 10.6. The Morgan fingerprint density at radius 2 is 1.81 bits per heavy atom. The average Bonchev–Trinajstić information content (AvgIpc) is 3.31. The summed E-state index contributed by atoms with van der Waals surface area (Å²) in [6.45, 7) is 0.822. The third kappa shape index (κ3) is 3.57. The van der Waals surface area contributed by atoms with Crippen molar-refractivity contribution in [2.45, 2.75) is 57.0 Å². The van der Waals surface area contributed by atoms with Crippen LogP contribution in [-0.2, 0) is 4.79 Å². The number of ether oxygens (including phenoxy) is 2. The SMILES string of the molecule is O=C(Nc1ccc2c(c1)OCO2)[C@@H]1CCCN1C(=O)NC1CCCCC1. The maximum atomic E-state index is 12.7. The number of urea groups is 1. The number of nitrogens with zero attached hydrogens (tertiary/aromatic N) is 1. The predicted octanol–water partition coefficient (Wildman–Crippen LogP) is 2.86. The second-order valence-electron chi connectivity index (χ2n) is 7.19. The highest BCUT2D eigenvalue weighted by Crippen LogP contribution is 2.34. The lowest BCUT2D eigenvalue weighted by molar-refractivity contribution is -0.119. The van der Waals surface area contributed by atoms with Crippen LogP contribution in [0.4, 0.5) is 10.5 Å². The first kappa shape index (κ1) is 17.0. The number of rotatable bonds is 3. The molecule has 1 aliphatic carbocycles. The number of fused-ring (bicyclic) bond motifs is 1. The smallest absolute Gasteiger partial charge is 0.318 e. The molecule has 26 heavy (non-hydrogen) atoms. The van der Waals surface area contributed by atoms with E-state index in [-0.39, 0.29) is 24.8 Å². The summed E-state index contributed by atoms with van der Waals surface area (Å²) in [5.74, 6) is 1.15. The summed E-state index contributed by atoms with van der Waals surface area (Å²) in [4.78, 5) is 27.0. The van der Waals surface area contributed by atoms with Gasteiger partial charge in [-0.05, 0) is 37.8 Å². The van der Waals surface area contributed by atoms with Crippen LogP contribution in [0.3, 0.4) is 0 Å². The Hall–Kier alpha value is -2.44. The highest BCUT2D eigenvalue weighted by atomic mass is 16.7. The van der Waals surface area contributed by atoms with E-state index in [1.165, 1.54) is 19.3 Å². The lowest BCUT2D eigenvalue weighted by Crippen LogP contribution is -2.50. The summed E-state index contributed by atoms with van der Waals surface area (Å²) in [7, 11) is 0. The number of nitrogens with one attached hydrogen (secondary N) is 2. The van der Waals surface area contributed by atoms with Crippen molar-refractivity contribution in [1.29, 1.82) is 0 Å². The van der Waals surface area contributed by atoms with Crippen LogP contribution >= 0.6 is 0 Å². The largest absolute Gasteiger partial charge is 0.454 e. The van der Waals surface area contributed by atoms with E-state index >= 15 is 0 Å². The Morgan fingerprint density at radius 3 is 2.65 bits per heavy atom. The van der Waals surface area contributed by atoms with E-state index in [1.54, 1.807) is 23.1 Å². The zero-order valence-corrected chi connectivity index (χ0v) is 14.8. The number of amides is 3. The Balaban J connectivity index is 1.37. The molecular formula is C19H25N3O4. The molecule has 3 aliphatic rings. The highest BCUT2D eigenvalue weighted by molar-refractivity contribution is 5.97. The highest BCUT2D eigenvalue weighted by Gasteiger charge is 2.35. The number of carbonyl (C=O) groups is 2. The van der Waals surface area contributed by atoms with Gasteiger partial charge in [-0.25, -0.2) is 4.79 Å². The molecule has 1 aromatic rings. The monoisotopic (exact) mass is 359 g/mol. The van der Waals surface area contributed by atoms with Crippen LogP contribution in [0.15, 0.2) is 18.2 Å². The van der Waals surface area contributed by atoms with Gasteiger partial charge in [0.15, 0.2) is 11.5 Å². The van der Waals surface area contributed by atoms with Crippen molar-refractivity contribution in [3.63, 3.8) is 0 Å². The van der Waals surface area contributed by atoms with Crippen LogP contribution in [0.5, 0.6) is 11.5 Å². The zero-order valence-electron chi connectivity index (χ0n) is 14.8. The lowest BCUT2D eigenvalue weighted by Gasteiger charge is -2.29. The molecule has 0 spiro atoms. The molecule has 2 N–H and O–H groups in total.